The summed E-state index contributed by atoms with van der Waals surface area (Å²) in [6.07, 6.45) is 5.69. The first-order valence-corrected chi connectivity index (χ1v) is 9.39. The van der Waals surface area contributed by atoms with E-state index in [0.29, 0.717) is 24.9 Å². The minimum Gasteiger partial charge on any atom is -0.443 e. The molecule has 3 rings (SSSR count). The van der Waals surface area contributed by atoms with E-state index in [-0.39, 0.29) is 29.4 Å². The maximum Gasteiger partial charge on any atom is 0.213 e. The third-order valence-corrected chi connectivity index (χ3v) is 4.26. The molecule has 0 radical (unpaired) electrons. The van der Waals surface area contributed by atoms with E-state index in [2.05, 4.69) is 58.6 Å². The Bertz CT molecular complexity index is 911. The van der Waals surface area contributed by atoms with E-state index < -0.39 is 0 Å². The normalized spacial score (nSPS) is 11.8. The van der Waals surface area contributed by atoms with E-state index in [4.69, 9.17) is 4.42 Å². The third kappa shape index (κ3) is 6.88. The van der Waals surface area contributed by atoms with Crippen molar-refractivity contribution in [3.8, 4) is 0 Å². The first-order valence-electron chi connectivity index (χ1n) is 9.39. The van der Waals surface area contributed by atoms with Crippen LogP contribution in [0, 0.1) is 0 Å². The van der Waals surface area contributed by atoms with Gasteiger partial charge >= 0.3 is 0 Å². The maximum absolute atomic E-state index is 5.80. The number of hydrogen-bond donors (Lipinski definition) is 2. The zero-order valence-electron chi connectivity index (χ0n) is 17.3. The van der Waals surface area contributed by atoms with Crippen molar-refractivity contribution in [2.45, 2.75) is 45.8 Å². The molecule has 0 saturated heterocycles. The zero-order chi connectivity index (χ0) is 20.0. The second-order valence-electron chi connectivity index (χ2n) is 7.68. The van der Waals surface area contributed by atoms with Crippen LogP contribution in [0.25, 0.3) is 0 Å². The van der Waals surface area contributed by atoms with Gasteiger partial charge in [-0.2, -0.15) is 5.10 Å². The number of nitrogens with zero attached hydrogens (tertiary/aromatic N) is 4. The predicted octanol–water partition coefficient (Wildman–Crippen LogP) is 3.70. The molecule has 0 aliphatic heterocycles. The molecule has 0 aliphatic rings. The number of aromatic nitrogens is 3. The second-order valence-corrected chi connectivity index (χ2v) is 7.68. The smallest absolute Gasteiger partial charge is 0.213 e. The lowest BCUT2D eigenvalue weighted by atomic mass is 9.94. The average molecular weight is 508 g/mol. The van der Waals surface area contributed by atoms with Gasteiger partial charge in [0.15, 0.2) is 5.96 Å². The van der Waals surface area contributed by atoms with Gasteiger partial charge in [0.05, 0.1) is 25.5 Å². The Labute approximate surface area is 189 Å². The highest BCUT2D eigenvalue weighted by Gasteiger charge is 2.19. The molecule has 2 N–H and O–H groups in total. The van der Waals surface area contributed by atoms with Crippen molar-refractivity contribution in [3.63, 3.8) is 0 Å². The van der Waals surface area contributed by atoms with E-state index in [1.807, 2.05) is 35.3 Å². The SMILES string of the molecule is CN=C(NCc1cnn(Cc2ccccc2)c1)NCc1ncc(C(C)(C)C)o1.I. The van der Waals surface area contributed by atoms with Gasteiger partial charge in [0, 0.05) is 30.8 Å². The zero-order valence-corrected chi connectivity index (χ0v) is 19.7. The van der Waals surface area contributed by atoms with Crippen molar-refractivity contribution in [1.82, 2.24) is 25.4 Å². The fourth-order valence-electron chi connectivity index (χ4n) is 2.66. The molecule has 2 aromatic heterocycles. The molecule has 0 amide bonds. The first kappa shape index (κ1) is 22.9. The lowest BCUT2D eigenvalue weighted by molar-refractivity contribution is 0.379. The van der Waals surface area contributed by atoms with E-state index >= 15 is 0 Å². The molecule has 0 aliphatic carbocycles. The van der Waals surface area contributed by atoms with Crippen molar-refractivity contribution in [2.75, 3.05) is 7.05 Å². The topological polar surface area (TPSA) is 80.3 Å². The molecule has 29 heavy (non-hydrogen) atoms. The molecule has 0 fully saturated rings. The molecule has 0 atom stereocenters. The lowest BCUT2D eigenvalue weighted by Crippen LogP contribution is -2.36. The monoisotopic (exact) mass is 508 g/mol. The number of rotatable bonds is 6. The molecule has 1 aromatic carbocycles. The highest BCUT2D eigenvalue weighted by Crippen LogP contribution is 2.22. The Hall–Kier alpha value is -2.36. The summed E-state index contributed by atoms with van der Waals surface area (Å²) in [6.45, 7) is 8.17. The first-order chi connectivity index (χ1) is 13.4. The van der Waals surface area contributed by atoms with Crippen molar-refractivity contribution in [2.24, 2.45) is 4.99 Å². The molecular formula is C21H29IN6O. The van der Waals surface area contributed by atoms with Gasteiger partial charge in [0.25, 0.3) is 0 Å². The number of oxazole rings is 1. The van der Waals surface area contributed by atoms with Crippen LogP contribution in [0.1, 0.15) is 43.5 Å². The molecule has 7 nitrogen and oxygen atoms in total. The van der Waals surface area contributed by atoms with Gasteiger partial charge in [-0.3, -0.25) is 9.67 Å². The largest absolute Gasteiger partial charge is 0.443 e. The molecule has 3 aromatic rings. The van der Waals surface area contributed by atoms with E-state index in [9.17, 15) is 0 Å². The van der Waals surface area contributed by atoms with E-state index in [1.54, 1.807) is 13.2 Å². The molecule has 156 valence electrons. The molecular weight excluding hydrogens is 479 g/mol. The molecule has 0 spiro atoms. The van der Waals surface area contributed by atoms with Crippen LogP contribution >= 0.6 is 24.0 Å². The summed E-state index contributed by atoms with van der Waals surface area (Å²) in [7, 11) is 1.74. The Balaban J connectivity index is 0.00000300. The van der Waals surface area contributed by atoms with Crippen LogP contribution in [-0.2, 0) is 25.0 Å². The van der Waals surface area contributed by atoms with Gasteiger partial charge in [-0.05, 0) is 5.56 Å². The molecule has 0 bridgehead atoms. The average Bonchev–Trinajstić information content (AvgIpc) is 3.32. The number of guanidine groups is 1. The van der Waals surface area contributed by atoms with Crippen LogP contribution in [0.3, 0.4) is 0 Å². The van der Waals surface area contributed by atoms with Gasteiger partial charge in [-0.15, -0.1) is 24.0 Å². The summed E-state index contributed by atoms with van der Waals surface area (Å²) in [6, 6.07) is 10.3. The fraction of sp³-hybridized carbons (Fsp3) is 0.381. The van der Waals surface area contributed by atoms with Crippen molar-refractivity contribution in [1.29, 1.82) is 0 Å². The van der Waals surface area contributed by atoms with Crippen molar-refractivity contribution in [3.05, 3.63) is 71.7 Å². The molecule has 8 heteroatoms. The van der Waals surface area contributed by atoms with Crippen LogP contribution in [0.2, 0.25) is 0 Å². The van der Waals surface area contributed by atoms with Crippen LogP contribution in [0.5, 0.6) is 0 Å². The van der Waals surface area contributed by atoms with Gasteiger partial charge in [-0.1, -0.05) is 51.1 Å². The number of hydrogen-bond acceptors (Lipinski definition) is 4. The minimum atomic E-state index is -0.0505. The summed E-state index contributed by atoms with van der Waals surface area (Å²) in [5.74, 6) is 2.20. The Morgan fingerprint density at radius 1 is 1.07 bits per heavy atom. The standard InChI is InChI=1S/C21H28N6O.HI/c1-21(2,3)18-12-23-19(28-18)13-25-20(22-4)24-10-17-11-26-27(15-17)14-16-8-6-5-7-9-16;/h5-9,11-12,15H,10,13-14H2,1-4H3,(H2,22,24,25);1H. The van der Waals surface area contributed by atoms with Gasteiger partial charge in [-0.25, -0.2) is 4.98 Å². The highest BCUT2D eigenvalue weighted by molar-refractivity contribution is 14.0. The second kappa shape index (κ2) is 10.4. The van der Waals surface area contributed by atoms with E-state index in [0.717, 1.165) is 17.9 Å². The molecule has 2 heterocycles. The Kier molecular flexibility index (Phi) is 8.24. The minimum absolute atomic E-state index is 0. The van der Waals surface area contributed by atoms with Crippen molar-refractivity contribution >= 4 is 29.9 Å². The number of aliphatic imine (C=N–C) groups is 1. The van der Waals surface area contributed by atoms with Gasteiger partial charge < -0.3 is 15.1 Å². The van der Waals surface area contributed by atoms with Crippen LogP contribution in [0.15, 0.2) is 58.3 Å². The third-order valence-electron chi connectivity index (χ3n) is 4.26. The lowest BCUT2D eigenvalue weighted by Gasteiger charge is -2.13. The van der Waals surface area contributed by atoms with E-state index in [1.165, 1.54) is 5.56 Å². The van der Waals surface area contributed by atoms with Crippen molar-refractivity contribution < 1.29 is 4.42 Å². The Morgan fingerprint density at radius 2 is 1.79 bits per heavy atom. The quantitative estimate of drug-likeness (QED) is 0.302. The Morgan fingerprint density at radius 3 is 2.45 bits per heavy atom. The van der Waals surface area contributed by atoms with Crippen LogP contribution < -0.4 is 10.6 Å². The summed E-state index contributed by atoms with van der Waals surface area (Å²) in [5.41, 5.74) is 2.26. The maximum atomic E-state index is 5.80. The van der Waals surface area contributed by atoms with Crippen LogP contribution in [0.4, 0.5) is 0 Å². The molecule has 0 saturated carbocycles. The number of halogens is 1. The number of nitrogens with one attached hydrogen (secondary N) is 2. The number of benzene rings is 1. The van der Waals surface area contributed by atoms with Gasteiger partial charge in [0.2, 0.25) is 5.89 Å². The summed E-state index contributed by atoms with van der Waals surface area (Å²) >= 11 is 0. The summed E-state index contributed by atoms with van der Waals surface area (Å²) in [5, 5.41) is 10.9. The predicted molar refractivity (Wildman–Crippen MR) is 125 cm³/mol. The molecule has 0 unspecified atom stereocenters. The summed E-state index contributed by atoms with van der Waals surface area (Å²) in [4.78, 5) is 8.57. The summed E-state index contributed by atoms with van der Waals surface area (Å²) < 4.78 is 7.73. The van der Waals surface area contributed by atoms with Gasteiger partial charge in [0.1, 0.15) is 5.76 Å². The highest BCUT2D eigenvalue weighted by atomic mass is 127. The fourth-order valence-corrected chi connectivity index (χ4v) is 2.66. The van der Waals surface area contributed by atoms with Crippen LogP contribution in [-0.4, -0.2) is 27.8 Å².